The monoisotopic (exact) mass is 449 g/mol. The predicted molar refractivity (Wildman–Crippen MR) is 121 cm³/mol. The van der Waals surface area contributed by atoms with E-state index in [1.54, 1.807) is 18.5 Å². The normalized spacial score (nSPS) is 19.4. The number of amides is 1. The van der Waals surface area contributed by atoms with Crippen molar-refractivity contribution in [2.75, 3.05) is 49.6 Å². The molecule has 0 spiro atoms. The zero-order valence-electron chi connectivity index (χ0n) is 18.4. The lowest BCUT2D eigenvalue weighted by Gasteiger charge is -2.31. The Morgan fingerprint density at radius 1 is 1.06 bits per heavy atom. The highest BCUT2D eigenvalue weighted by Gasteiger charge is 2.27. The van der Waals surface area contributed by atoms with Crippen LogP contribution in [0.5, 0.6) is 0 Å². The maximum atomic E-state index is 12.9. The van der Waals surface area contributed by atoms with E-state index in [9.17, 15) is 4.79 Å². The summed E-state index contributed by atoms with van der Waals surface area (Å²) in [6.07, 6.45) is 5.09. The topological polar surface area (TPSA) is 110 Å². The molecule has 0 radical (unpaired) electrons. The molecule has 1 amide bonds. The van der Waals surface area contributed by atoms with Gasteiger partial charge in [0.15, 0.2) is 0 Å². The summed E-state index contributed by atoms with van der Waals surface area (Å²) in [4.78, 5) is 30.1. The van der Waals surface area contributed by atoms with Crippen LogP contribution in [-0.2, 0) is 16.1 Å². The second-order valence-electron chi connectivity index (χ2n) is 8.29. The first-order valence-electron chi connectivity index (χ1n) is 11.3. The van der Waals surface area contributed by atoms with Gasteiger partial charge in [-0.1, -0.05) is 5.16 Å². The number of benzene rings is 1. The predicted octanol–water partition coefficient (Wildman–Crippen LogP) is 2.21. The molecule has 10 nitrogen and oxygen atoms in total. The van der Waals surface area contributed by atoms with Crippen molar-refractivity contribution >= 4 is 17.3 Å². The van der Waals surface area contributed by atoms with Crippen LogP contribution in [0.3, 0.4) is 0 Å². The number of nitrogens with one attached hydrogen (secondary N) is 1. The van der Waals surface area contributed by atoms with E-state index in [-0.39, 0.29) is 11.8 Å². The first kappa shape index (κ1) is 21.5. The van der Waals surface area contributed by atoms with Gasteiger partial charge in [-0.05, 0) is 49.7 Å². The molecule has 1 atom stereocenters. The van der Waals surface area contributed by atoms with Gasteiger partial charge in [-0.15, -0.1) is 0 Å². The van der Waals surface area contributed by atoms with Gasteiger partial charge in [-0.3, -0.25) is 9.69 Å². The maximum absolute atomic E-state index is 12.9. The molecule has 0 saturated carbocycles. The highest BCUT2D eigenvalue weighted by molar-refractivity contribution is 5.92. The number of hydrogen-bond donors (Lipinski definition) is 1. The molecule has 2 saturated heterocycles. The third-order valence-corrected chi connectivity index (χ3v) is 5.98. The summed E-state index contributed by atoms with van der Waals surface area (Å²) in [5, 5.41) is 7.05. The molecule has 1 unspecified atom stereocenters. The fourth-order valence-corrected chi connectivity index (χ4v) is 4.25. The van der Waals surface area contributed by atoms with Crippen LogP contribution in [-0.4, -0.2) is 70.3 Å². The number of ether oxygens (including phenoxy) is 1. The average Bonchev–Trinajstić information content (AvgIpc) is 3.34. The van der Waals surface area contributed by atoms with Gasteiger partial charge in [0.2, 0.25) is 23.4 Å². The SMILES string of the molecule is O=C(Nc1ccc(N2CCOCC2)cc1)C1CCCN(Cc2nc(-c3ncccn3)no2)C1. The molecule has 10 heteroatoms. The lowest BCUT2D eigenvalue weighted by molar-refractivity contribution is -0.121. The number of likely N-dealkylation sites (tertiary alicyclic amines) is 1. The molecule has 2 fully saturated rings. The van der Waals surface area contributed by atoms with Crippen LogP contribution in [0.1, 0.15) is 18.7 Å². The summed E-state index contributed by atoms with van der Waals surface area (Å²) in [6, 6.07) is 9.78. The van der Waals surface area contributed by atoms with E-state index in [1.807, 2.05) is 12.1 Å². The third-order valence-electron chi connectivity index (χ3n) is 5.98. The minimum absolute atomic E-state index is 0.0442. The van der Waals surface area contributed by atoms with Crippen molar-refractivity contribution in [2.24, 2.45) is 5.92 Å². The van der Waals surface area contributed by atoms with E-state index in [2.05, 4.69) is 47.4 Å². The summed E-state index contributed by atoms with van der Waals surface area (Å²) in [7, 11) is 0. The third kappa shape index (κ3) is 5.35. The van der Waals surface area contributed by atoms with Crippen molar-refractivity contribution in [3.63, 3.8) is 0 Å². The largest absolute Gasteiger partial charge is 0.378 e. The van der Waals surface area contributed by atoms with Gasteiger partial charge < -0.3 is 19.5 Å². The fraction of sp³-hybridized carbons (Fsp3) is 0.435. The Morgan fingerprint density at radius 3 is 2.64 bits per heavy atom. The van der Waals surface area contributed by atoms with Crippen molar-refractivity contribution in [1.82, 2.24) is 25.0 Å². The molecule has 0 aliphatic carbocycles. The maximum Gasteiger partial charge on any atom is 0.241 e. The molecule has 1 aromatic carbocycles. The van der Waals surface area contributed by atoms with E-state index >= 15 is 0 Å². The highest BCUT2D eigenvalue weighted by atomic mass is 16.5. The minimum Gasteiger partial charge on any atom is -0.378 e. The van der Waals surface area contributed by atoms with Crippen LogP contribution >= 0.6 is 0 Å². The van der Waals surface area contributed by atoms with Crippen molar-refractivity contribution in [1.29, 1.82) is 0 Å². The molecule has 172 valence electrons. The summed E-state index contributed by atoms with van der Waals surface area (Å²) in [5.74, 6) is 1.26. The molecule has 4 heterocycles. The molecule has 0 bridgehead atoms. The molecule has 2 aliphatic rings. The number of rotatable bonds is 6. The number of nitrogens with zero attached hydrogens (tertiary/aromatic N) is 6. The van der Waals surface area contributed by atoms with Crippen molar-refractivity contribution < 1.29 is 14.1 Å². The van der Waals surface area contributed by atoms with Crippen LogP contribution < -0.4 is 10.2 Å². The quantitative estimate of drug-likeness (QED) is 0.606. The fourth-order valence-electron chi connectivity index (χ4n) is 4.25. The Labute approximate surface area is 192 Å². The molecule has 33 heavy (non-hydrogen) atoms. The average molecular weight is 450 g/mol. The summed E-state index contributed by atoms with van der Waals surface area (Å²) < 4.78 is 10.8. The molecule has 2 aromatic heterocycles. The van der Waals surface area contributed by atoms with Gasteiger partial charge in [0, 0.05) is 43.4 Å². The number of carbonyl (C=O) groups excluding carboxylic acids is 1. The highest BCUT2D eigenvalue weighted by Crippen LogP contribution is 2.23. The van der Waals surface area contributed by atoms with E-state index in [1.165, 1.54) is 0 Å². The standard InChI is InChI=1S/C23H27N7O3/c31-23(26-18-4-6-19(7-5-18)30-11-13-32-14-12-30)17-3-1-10-29(15-17)16-20-27-22(28-33-20)21-24-8-2-9-25-21/h2,4-9,17H,1,3,10-16H2,(H,26,31). The lowest BCUT2D eigenvalue weighted by Crippen LogP contribution is -2.40. The van der Waals surface area contributed by atoms with E-state index < -0.39 is 0 Å². The minimum atomic E-state index is -0.0856. The van der Waals surface area contributed by atoms with E-state index in [0.717, 1.165) is 57.1 Å². The van der Waals surface area contributed by atoms with Gasteiger partial charge in [0.25, 0.3) is 0 Å². The Kier molecular flexibility index (Phi) is 6.54. The Morgan fingerprint density at radius 2 is 1.85 bits per heavy atom. The molecule has 1 N–H and O–H groups in total. The van der Waals surface area contributed by atoms with Gasteiger partial charge in [0.1, 0.15) is 0 Å². The molecule has 3 aromatic rings. The molecule has 2 aliphatic heterocycles. The number of piperidine rings is 1. The zero-order valence-corrected chi connectivity index (χ0v) is 18.4. The summed E-state index contributed by atoms with van der Waals surface area (Å²) in [6.45, 7) is 5.32. The van der Waals surface area contributed by atoms with Crippen LogP contribution in [0.4, 0.5) is 11.4 Å². The van der Waals surface area contributed by atoms with E-state index in [0.29, 0.717) is 30.6 Å². The van der Waals surface area contributed by atoms with Crippen molar-refractivity contribution in [3.05, 3.63) is 48.6 Å². The Hall–Kier alpha value is -3.37. The number of carbonyl (C=O) groups is 1. The molecule has 5 rings (SSSR count). The van der Waals surface area contributed by atoms with Crippen LogP contribution in [0.15, 0.2) is 47.2 Å². The lowest BCUT2D eigenvalue weighted by atomic mass is 9.97. The number of hydrogen-bond acceptors (Lipinski definition) is 9. The second-order valence-corrected chi connectivity index (χ2v) is 8.29. The first-order chi connectivity index (χ1) is 16.2. The Bertz CT molecular complexity index is 1050. The van der Waals surface area contributed by atoms with Crippen molar-refractivity contribution in [2.45, 2.75) is 19.4 Å². The smallest absolute Gasteiger partial charge is 0.241 e. The van der Waals surface area contributed by atoms with Gasteiger partial charge in [-0.2, -0.15) is 4.98 Å². The number of anilines is 2. The van der Waals surface area contributed by atoms with Gasteiger partial charge in [-0.25, -0.2) is 9.97 Å². The van der Waals surface area contributed by atoms with E-state index in [4.69, 9.17) is 9.26 Å². The van der Waals surface area contributed by atoms with Crippen LogP contribution in [0.2, 0.25) is 0 Å². The van der Waals surface area contributed by atoms with Crippen molar-refractivity contribution in [3.8, 4) is 11.6 Å². The zero-order chi connectivity index (χ0) is 22.5. The summed E-state index contributed by atoms with van der Waals surface area (Å²) >= 11 is 0. The number of morpholine rings is 1. The van der Waals surface area contributed by atoms with Crippen LogP contribution in [0, 0.1) is 5.92 Å². The summed E-state index contributed by atoms with van der Waals surface area (Å²) in [5.41, 5.74) is 1.97. The van der Waals surface area contributed by atoms with Crippen LogP contribution in [0.25, 0.3) is 11.6 Å². The van der Waals surface area contributed by atoms with Gasteiger partial charge in [0.05, 0.1) is 25.7 Å². The second kappa shape index (κ2) is 10.1. The first-order valence-corrected chi connectivity index (χ1v) is 11.3. The Balaban J connectivity index is 1.15. The number of aromatic nitrogens is 4. The molecular formula is C23H27N7O3. The van der Waals surface area contributed by atoms with Gasteiger partial charge >= 0.3 is 0 Å². The molecular weight excluding hydrogens is 422 g/mol.